The van der Waals surface area contributed by atoms with Crippen molar-refractivity contribution in [1.29, 1.82) is 5.26 Å². The molecule has 0 bridgehead atoms. The number of aryl methyl sites for hydroxylation is 1. The molecule has 1 aromatic heterocycles. The van der Waals surface area contributed by atoms with Crippen LogP contribution in [-0.4, -0.2) is 22.9 Å². The molecule has 22 heavy (non-hydrogen) atoms. The van der Waals surface area contributed by atoms with Gasteiger partial charge in [-0.2, -0.15) is 5.26 Å². The second-order valence-electron chi connectivity index (χ2n) is 6.71. The van der Waals surface area contributed by atoms with Gasteiger partial charge in [0, 0.05) is 18.6 Å². The summed E-state index contributed by atoms with van der Waals surface area (Å²) in [5, 5.41) is 9.90. The van der Waals surface area contributed by atoms with Gasteiger partial charge in [-0.15, -0.1) is 0 Å². The Bertz CT molecular complexity index is 789. The van der Waals surface area contributed by atoms with Gasteiger partial charge in [0.2, 0.25) is 0 Å². The number of rotatable bonds is 1. The molecule has 1 aliphatic rings. The van der Waals surface area contributed by atoms with E-state index in [4.69, 9.17) is 9.31 Å². The van der Waals surface area contributed by atoms with Crippen LogP contribution in [0.15, 0.2) is 18.3 Å². The van der Waals surface area contributed by atoms with Crippen LogP contribution in [0.5, 0.6) is 0 Å². The fourth-order valence-electron chi connectivity index (χ4n) is 2.78. The quantitative estimate of drug-likeness (QED) is 0.760. The summed E-state index contributed by atoms with van der Waals surface area (Å²) >= 11 is 0. The summed E-state index contributed by atoms with van der Waals surface area (Å²) in [7, 11) is 1.10. The van der Waals surface area contributed by atoms with E-state index in [0.717, 1.165) is 0 Å². The van der Waals surface area contributed by atoms with Crippen LogP contribution in [0.2, 0.25) is 0 Å². The molecule has 0 unspecified atom stereocenters. The third-order valence-corrected chi connectivity index (χ3v) is 4.73. The van der Waals surface area contributed by atoms with Crippen LogP contribution < -0.4 is 5.46 Å². The molecule has 114 valence electrons. The summed E-state index contributed by atoms with van der Waals surface area (Å²) in [5.41, 5.74) is 0.526. The molecule has 0 radical (unpaired) electrons. The second-order valence-corrected chi connectivity index (χ2v) is 6.71. The third-order valence-electron chi connectivity index (χ3n) is 4.73. The molecule has 6 heteroatoms. The van der Waals surface area contributed by atoms with E-state index in [-0.39, 0.29) is 5.82 Å². The van der Waals surface area contributed by atoms with E-state index in [0.29, 0.717) is 21.9 Å². The Kier molecular flexibility index (Phi) is 3.14. The zero-order chi connectivity index (χ0) is 16.3. The fourth-order valence-corrected chi connectivity index (χ4v) is 2.78. The molecular weight excluding hydrogens is 282 g/mol. The lowest BCUT2D eigenvalue weighted by Gasteiger charge is -2.32. The van der Waals surface area contributed by atoms with Crippen molar-refractivity contribution >= 4 is 23.5 Å². The predicted octanol–water partition coefficient (Wildman–Crippen LogP) is 2.49. The minimum Gasteiger partial charge on any atom is -0.399 e. The number of benzene rings is 1. The van der Waals surface area contributed by atoms with Gasteiger partial charge in [-0.25, -0.2) is 4.39 Å². The predicted molar refractivity (Wildman–Crippen MR) is 83.3 cm³/mol. The molecule has 4 nitrogen and oxygen atoms in total. The van der Waals surface area contributed by atoms with Crippen LogP contribution in [0.3, 0.4) is 0 Å². The highest BCUT2D eigenvalue weighted by Gasteiger charge is 2.52. The van der Waals surface area contributed by atoms with Crippen molar-refractivity contribution in [2.24, 2.45) is 7.05 Å². The van der Waals surface area contributed by atoms with Crippen molar-refractivity contribution < 1.29 is 13.7 Å². The Morgan fingerprint density at radius 1 is 1.18 bits per heavy atom. The van der Waals surface area contributed by atoms with Gasteiger partial charge in [-0.1, -0.05) is 6.07 Å². The Labute approximate surface area is 129 Å². The van der Waals surface area contributed by atoms with E-state index < -0.39 is 18.3 Å². The molecule has 2 aromatic rings. The van der Waals surface area contributed by atoms with E-state index in [2.05, 4.69) is 6.07 Å². The molecular formula is C16H18BFN2O2. The first-order chi connectivity index (χ1) is 10.2. The minimum atomic E-state index is -0.623. The topological polar surface area (TPSA) is 47.2 Å². The zero-order valence-electron chi connectivity index (χ0n) is 13.4. The molecule has 1 aromatic carbocycles. The molecule has 0 spiro atoms. The van der Waals surface area contributed by atoms with Gasteiger partial charge in [-0.05, 0) is 39.2 Å². The van der Waals surface area contributed by atoms with Crippen molar-refractivity contribution in [2.75, 3.05) is 0 Å². The van der Waals surface area contributed by atoms with Gasteiger partial charge in [0.25, 0.3) is 0 Å². The van der Waals surface area contributed by atoms with Crippen molar-refractivity contribution in [3.05, 3.63) is 29.7 Å². The normalized spacial score (nSPS) is 19.6. The van der Waals surface area contributed by atoms with E-state index in [9.17, 15) is 9.65 Å². The molecule has 0 saturated carbocycles. The van der Waals surface area contributed by atoms with Gasteiger partial charge >= 0.3 is 7.12 Å². The van der Waals surface area contributed by atoms with Crippen LogP contribution in [0.25, 0.3) is 10.9 Å². The molecule has 0 atom stereocenters. The van der Waals surface area contributed by atoms with E-state index in [1.165, 1.54) is 6.07 Å². The third kappa shape index (κ3) is 1.97. The number of nitrogens with zero attached hydrogens (tertiary/aromatic N) is 2. The highest BCUT2D eigenvalue weighted by molar-refractivity contribution is 6.65. The van der Waals surface area contributed by atoms with Crippen LogP contribution in [0.1, 0.15) is 33.3 Å². The van der Waals surface area contributed by atoms with Crippen LogP contribution >= 0.6 is 0 Å². The van der Waals surface area contributed by atoms with Crippen molar-refractivity contribution in [1.82, 2.24) is 4.57 Å². The Morgan fingerprint density at radius 3 is 2.32 bits per heavy atom. The van der Waals surface area contributed by atoms with Crippen molar-refractivity contribution in [3.8, 4) is 6.07 Å². The number of halogens is 1. The highest BCUT2D eigenvalue weighted by atomic mass is 19.1. The monoisotopic (exact) mass is 300 g/mol. The lowest BCUT2D eigenvalue weighted by molar-refractivity contribution is 0.00578. The minimum absolute atomic E-state index is 0.362. The van der Waals surface area contributed by atoms with Crippen LogP contribution in [0.4, 0.5) is 4.39 Å². The van der Waals surface area contributed by atoms with E-state index in [1.54, 1.807) is 23.9 Å². The van der Waals surface area contributed by atoms with Gasteiger partial charge in [0.05, 0.1) is 22.3 Å². The zero-order valence-corrected chi connectivity index (χ0v) is 13.4. The summed E-state index contributed by atoms with van der Waals surface area (Å²) in [6, 6.07) is 5.16. The molecule has 3 rings (SSSR count). The molecule has 2 heterocycles. The summed E-state index contributed by atoms with van der Waals surface area (Å²) in [4.78, 5) is 0. The van der Waals surface area contributed by atoms with Gasteiger partial charge < -0.3 is 13.9 Å². The molecule has 1 aliphatic heterocycles. The SMILES string of the molecule is Cn1cc(C#N)c2c(B3OC(C)(C)C(C)(C)O3)ccc(F)c21. The van der Waals surface area contributed by atoms with E-state index >= 15 is 0 Å². The lowest BCUT2D eigenvalue weighted by Crippen LogP contribution is -2.41. The summed E-state index contributed by atoms with van der Waals surface area (Å²) in [6.45, 7) is 7.85. The number of hydrogen-bond acceptors (Lipinski definition) is 3. The first kappa shape index (κ1) is 15.1. The first-order valence-corrected chi connectivity index (χ1v) is 7.21. The average molecular weight is 300 g/mol. The molecule has 0 aliphatic carbocycles. The average Bonchev–Trinajstić information content (AvgIpc) is 2.85. The maximum Gasteiger partial charge on any atom is 0.495 e. The maximum atomic E-state index is 14.2. The van der Waals surface area contributed by atoms with Crippen molar-refractivity contribution in [3.63, 3.8) is 0 Å². The summed E-state index contributed by atoms with van der Waals surface area (Å²) in [6.07, 6.45) is 1.63. The van der Waals surface area contributed by atoms with Crippen LogP contribution in [-0.2, 0) is 16.4 Å². The van der Waals surface area contributed by atoms with Gasteiger partial charge in [-0.3, -0.25) is 0 Å². The number of fused-ring (bicyclic) bond motifs is 1. The summed E-state index contributed by atoms with van der Waals surface area (Å²) in [5.74, 6) is -0.362. The first-order valence-electron chi connectivity index (χ1n) is 7.21. The smallest absolute Gasteiger partial charge is 0.399 e. The van der Waals surface area contributed by atoms with Crippen molar-refractivity contribution in [2.45, 2.75) is 38.9 Å². The molecule has 1 fully saturated rings. The maximum absolute atomic E-state index is 14.2. The molecule has 1 saturated heterocycles. The summed E-state index contributed by atoms with van der Waals surface area (Å²) < 4.78 is 27.9. The molecule has 0 N–H and O–H groups in total. The number of nitriles is 1. The largest absolute Gasteiger partial charge is 0.495 e. The van der Waals surface area contributed by atoms with Gasteiger partial charge in [0.1, 0.15) is 11.9 Å². The number of aromatic nitrogens is 1. The lowest BCUT2D eigenvalue weighted by atomic mass is 9.76. The standard InChI is InChI=1S/C16H18BFN2O2/c1-15(2)16(3,4)22-17(21-15)11-6-7-12(18)14-13(11)10(8-19)9-20(14)5/h6-7,9H,1-5H3. The Balaban J connectivity index is 2.22. The molecule has 0 amide bonds. The Hall–Kier alpha value is -1.84. The second kappa shape index (κ2) is 4.58. The van der Waals surface area contributed by atoms with Gasteiger partial charge in [0.15, 0.2) is 0 Å². The fraction of sp³-hybridized carbons (Fsp3) is 0.438. The Morgan fingerprint density at radius 2 is 1.77 bits per heavy atom. The van der Waals surface area contributed by atoms with Crippen LogP contribution in [0, 0.1) is 17.1 Å². The number of hydrogen-bond donors (Lipinski definition) is 0. The van der Waals surface area contributed by atoms with E-state index in [1.807, 2.05) is 27.7 Å². The highest BCUT2D eigenvalue weighted by Crippen LogP contribution is 2.37.